The Hall–Kier alpha value is -1.95. The second-order valence-electron chi connectivity index (χ2n) is 4.04. The van der Waals surface area contributed by atoms with E-state index in [2.05, 4.69) is 15.9 Å². The van der Waals surface area contributed by atoms with Gasteiger partial charge < -0.3 is 10.5 Å². The standard InChI is InChI=1S/C14H10BrF2NO2/c15-11-6-10(3-4-12(11)16)20-7-9-2-1-8(14(18)19)5-13(9)17/h1-6H,7H2,(H2,18,19). The predicted octanol–water partition coefficient (Wildman–Crippen LogP) is 3.41. The van der Waals surface area contributed by atoms with E-state index in [9.17, 15) is 13.6 Å². The molecule has 0 saturated heterocycles. The maximum atomic E-state index is 13.7. The third-order valence-electron chi connectivity index (χ3n) is 2.62. The molecule has 0 fully saturated rings. The maximum absolute atomic E-state index is 13.7. The Bertz CT molecular complexity index is 662. The van der Waals surface area contributed by atoms with E-state index in [4.69, 9.17) is 10.5 Å². The highest BCUT2D eigenvalue weighted by Crippen LogP contribution is 2.23. The molecule has 0 aliphatic heterocycles. The Labute approximate surface area is 122 Å². The quantitative estimate of drug-likeness (QED) is 0.926. The molecule has 0 spiro atoms. The van der Waals surface area contributed by atoms with Crippen LogP contribution < -0.4 is 10.5 Å². The third kappa shape index (κ3) is 3.33. The van der Waals surface area contributed by atoms with Gasteiger partial charge in [-0.05, 0) is 46.3 Å². The highest BCUT2D eigenvalue weighted by atomic mass is 79.9. The fraction of sp³-hybridized carbons (Fsp3) is 0.0714. The average molecular weight is 342 g/mol. The molecule has 0 saturated carbocycles. The van der Waals surface area contributed by atoms with Crippen molar-refractivity contribution in [3.05, 3.63) is 63.6 Å². The van der Waals surface area contributed by atoms with Gasteiger partial charge in [0.25, 0.3) is 0 Å². The molecular formula is C14H10BrF2NO2. The lowest BCUT2D eigenvalue weighted by Crippen LogP contribution is -2.11. The number of carbonyl (C=O) groups is 1. The SMILES string of the molecule is NC(=O)c1ccc(COc2ccc(F)c(Br)c2)c(F)c1. The number of hydrogen-bond donors (Lipinski definition) is 1. The van der Waals surface area contributed by atoms with E-state index >= 15 is 0 Å². The van der Waals surface area contributed by atoms with Crippen molar-refractivity contribution in [2.45, 2.75) is 6.61 Å². The fourth-order valence-electron chi connectivity index (χ4n) is 1.55. The molecule has 0 bridgehead atoms. The molecule has 3 nitrogen and oxygen atoms in total. The van der Waals surface area contributed by atoms with Crippen LogP contribution in [0.4, 0.5) is 8.78 Å². The van der Waals surface area contributed by atoms with E-state index in [1.165, 1.54) is 30.3 Å². The van der Waals surface area contributed by atoms with E-state index in [0.29, 0.717) is 5.75 Å². The first kappa shape index (κ1) is 14.5. The number of benzene rings is 2. The van der Waals surface area contributed by atoms with Crippen LogP contribution in [0.3, 0.4) is 0 Å². The van der Waals surface area contributed by atoms with Gasteiger partial charge in [0.2, 0.25) is 5.91 Å². The Kier molecular flexibility index (Phi) is 4.34. The smallest absolute Gasteiger partial charge is 0.248 e. The van der Waals surface area contributed by atoms with Crippen molar-refractivity contribution in [1.82, 2.24) is 0 Å². The maximum Gasteiger partial charge on any atom is 0.248 e. The van der Waals surface area contributed by atoms with Crippen LogP contribution in [-0.4, -0.2) is 5.91 Å². The Morgan fingerprint density at radius 2 is 1.90 bits per heavy atom. The lowest BCUT2D eigenvalue weighted by molar-refractivity contribution is 0.0999. The largest absolute Gasteiger partial charge is 0.489 e. The number of rotatable bonds is 4. The van der Waals surface area contributed by atoms with Gasteiger partial charge in [-0.2, -0.15) is 0 Å². The molecule has 0 atom stereocenters. The highest BCUT2D eigenvalue weighted by Gasteiger charge is 2.08. The number of carbonyl (C=O) groups excluding carboxylic acids is 1. The molecule has 2 aromatic carbocycles. The second kappa shape index (κ2) is 6.00. The predicted molar refractivity (Wildman–Crippen MR) is 73.3 cm³/mol. The number of primary amides is 1. The summed E-state index contributed by atoms with van der Waals surface area (Å²) in [7, 11) is 0. The van der Waals surface area contributed by atoms with E-state index in [1.807, 2.05) is 0 Å². The minimum absolute atomic E-state index is 0.0387. The molecule has 0 heterocycles. The molecule has 0 radical (unpaired) electrons. The normalized spacial score (nSPS) is 10.3. The first-order valence-electron chi connectivity index (χ1n) is 5.63. The average Bonchev–Trinajstić information content (AvgIpc) is 2.41. The van der Waals surface area contributed by atoms with Gasteiger partial charge in [0.15, 0.2) is 0 Å². The van der Waals surface area contributed by atoms with Crippen molar-refractivity contribution >= 4 is 21.8 Å². The van der Waals surface area contributed by atoms with Gasteiger partial charge in [0, 0.05) is 11.1 Å². The summed E-state index contributed by atoms with van der Waals surface area (Å²) in [5, 5.41) is 0. The second-order valence-corrected chi connectivity index (χ2v) is 4.89. The summed E-state index contributed by atoms with van der Waals surface area (Å²) in [5.74, 6) is -1.28. The molecule has 0 aliphatic rings. The van der Waals surface area contributed by atoms with Gasteiger partial charge in [-0.3, -0.25) is 4.79 Å². The number of halogens is 3. The Balaban J connectivity index is 2.10. The van der Waals surface area contributed by atoms with Crippen molar-refractivity contribution in [1.29, 1.82) is 0 Å². The van der Waals surface area contributed by atoms with Crippen molar-refractivity contribution in [3.63, 3.8) is 0 Å². The molecule has 1 amide bonds. The molecule has 104 valence electrons. The van der Waals surface area contributed by atoms with Gasteiger partial charge in [-0.15, -0.1) is 0 Å². The first-order valence-corrected chi connectivity index (χ1v) is 6.43. The van der Waals surface area contributed by atoms with Gasteiger partial charge in [0.1, 0.15) is 24.0 Å². The minimum atomic E-state index is -0.696. The Morgan fingerprint density at radius 3 is 2.50 bits per heavy atom. The molecule has 20 heavy (non-hydrogen) atoms. The lowest BCUT2D eigenvalue weighted by atomic mass is 10.1. The molecule has 0 unspecified atom stereocenters. The molecular weight excluding hydrogens is 332 g/mol. The topological polar surface area (TPSA) is 52.3 Å². The zero-order valence-corrected chi connectivity index (χ0v) is 11.8. The summed E-state index contributed by atoms with van der Waals surface area (Å²) in [6.07, 6.45) is 0. The monoisotopic (exact) mass is 341 g/mol. The number of ether oxygens (including phenoxy) is 1. The summed E-state index contributed by atoms with van der Waals surface area (Å²) in [4.78, 5) is 10.9. The van der Waals surface area contributed by atoms with Crippen LogP contribution in [0.5, 0.6) is 5.75 Å². The minimum Gasteiger partial charge on any atom is -0.489 e. The van der Waals surface area contributed by atoms with E-state index in [0.717, 1.165) is 6.07 Å². The molecule has 2 aromatic rings. The molecule has 2 N–H and O–H groups in total. The van der Waals surface area contributed by atoms with Crippen LogP contribution >= 0.6 is 15.9 Å². The lowest BCUT2D eigenvalue weighted by Gasteiger charge is -2.08. The van der Waals surface area contributed by atoms with Crippen LogP contribution in [0.2, 0.25) is 0 Å². The van der Waals surface area contributed by atoms with E-state index in [1.54, 1.807) is 0 Å². The number of nitrogens with two attached hydrogens (primary N) is 1. The van der Waals surface area contributed by atoms with Gasteiger partial charge in [0.05, 0.1) is 4.47 Å². The first-order chi connectivity index (χ1) is 9.47. The van der Waals surface area contributed by atoms with E-state index < -0.39 is 17.5 Å². The van der Waals surface area contributed by atoms with Crippen molar-refractivity contribution in [3.8, 4) is 5.75 Å². The number of hydrogen-bond acceptors (Lipinski definition) is 2. The Morgan fingerprint density at radius 1 is 1.15 bits per heavy atom. The molecule has 0 aliphatic carbocycles. The fourth-order valence-corrected chi connectivity index (χ4v) is 1.90. The molecule has 0 aromatic heterocycles. The molecule has 6 heteroatoms. The summed E-state index contributed by atoms with van der Waals surface area (Å²) in [5.41, 5.74) is 5.42. The van der Waals surface area contributed by atoms with Crippen molar-refractivity contribution in [2.75, 3.05) is 0 Å². The zero-order chi connectivity index (χ0) is 14.7. The summed E-state index contributed by atoms with van der Waals surface area (Å²) in [6.45, 7) is -0.0387. The van der Waals surface area contributed by atoms with Crippen LogP contribution in [0, 0.1) is 11.6 Å². The van der Waals surface area contributed by atoms with Crippen LogP contribution in [-0.2, 0) is 6.61 Å². The van der Waals surface area contributed by atoms with Crippen molar-refractivity contribution < 1.29 is 18.3 Å². The summed E-state index contributed by atoms with van der Waals surface area (Å²) in [6, 6.07) is 8.03. The zero-order valence-electron chi connectivity index (χ0n) is 10.2. The third-order valence-corrected chi connectivity index (χ3v) is 3.23. The number of amides is 1. The van der Waals surface area contributed by atoms with E-state index in [-0.39, 0.29) is 22.2 Å². The van der Waals surface area contributed by atoms with Crippen molar-refractivity contribution in [2.24, 2.45) is 5.73 Å². The molecule has 2 rings (SSSR count). The summed E-state index contributed by atoms with van der Waals surface area (Å²) < 4.78 is 32.4. The van der Waals surface area contributed by atoms with Crippen LogP contribution in [0.15, 0.2) is 40.9 Å². The highest BCUT2D eigenvalue weighted by molar-refractivity contribution is 9.10. The summed E-state index contributed by atoms with van der Waals surface area (Å²) >= 11 is 3.03. The van der Waals surface area contributed by atoms with Gasteiger partial charge >= 0.3 is 0 Å². The van der Waals surface area contributed by atoms with Crippen LogP contribution in [0.25, 0.3) is 0 Å². The van der Waals surface area contributed by atoms with Gasteiger partial charge in [-0.1, -0.05) is 6.07 Å². The van der Waals surface area contributed by atoms with Crippen LogP contribution in [0.1, 0.15) is 15.9 Å². The van der Waals surface area contributed by atoms with Gasteiger partial charge in [-0.25, -0.2) is 8.78 Å².